The molecular weight excluding hydrogens is 600 g/mol. The van der Waals surface area contributed by atoms with Crippen molar-refractivity contribution >= 4 is 23.4 Å². The quantitative estimate of drug-likeness (QED) is 0.244. The van der Waals surface area contributed by atoms with Gasteiger partial charge in [0, 0.05) is 29.7 Å². The number of alkyl halides is 2. The molecule has 0 radical (unpaired) electrons. The fourth-order valence-electron chi connectivity index (χ4n) is 5.99. The van der Waals surface area contributed by atoms with Crippen LogP contribution in [0.25, 0.3) is 11.1 Å². The van der Waals surface area contributed by atoms with Crippen molar-refractivity contribution < 1.29 is 28.2 Å². The van der Waals surface area contributed by atoms with Crippen molar-refractivity contribution in [3.05, 3.63) is 88.9 Å². The molecule has 0 bridgehead atoms. The molecule has 0 aromatic heterocycles. The van der Waals surface area contributed by atoms with Crippen LogP contribution in [0, 0.1) is 5.92 Å². The van der Waals surface area contributed by atoms with Crippen LogP contribution in [0.4, 0.5) is 8.78 Å². The van der Waals surface area contributed by atoms with Crippen molar-refractivity contribution in [2.45, 2.75) is 69.1 Å². The van der Waals surface area contributed by atoms with Gasteiger partial charge in [0.2, 0.25) is 0 Å². The van der Waals surface area contributed by atoms with Crippen LogP contribution in [0.15, 0.2) is 72.8 Å². The number of hydrogen-bond donors (Lipinski definition) is 3. The third kappa shape index (κ3) is 8.20. The first-order valence-corrected chi connectivity index (χ1v) is 16.0. The summed E-state index contributed by atoms with van der Waals surface area (Å²) in [6.07, 6.45) is 5.10. The number of ether oxygens (including phenoxy) is 1. The van der Waals surface area contributed by atoms with Crippen LogP contribution in [0.3, 0.4) is 0 Å². The van der Waals surface area contributed by atoms with Gasteiger partial charge in [-0.15, -0.1) is 0 Å². The number of aliphatic hydroxyl groups is 1. The van der Waals surface area contributed by atoms with Crippen LogP contribution in [-0.4, -0.2) is 53.6 Å². The zero-order valence-electron chi connectivity index (χ0n) is 25.1. The van der Waals surface area contributed by atoms with Crippen LogP contribution >= 0.6 is 11.6 Å². The molecule has 2 fully saturated rings. The van der Waals surface area contributed by atoms with E-state index in [1.807, 2.05) is 0 Å². The number of aliphatic hydroxyl groups excluding tert-OH is 1. The minimum atomic E-state index is -3.79. The van der Waals surface area contributed by atoms with Crippen molar-refractivity contribution in [1.82, 2.24) is 10.2 Å². The van der Waals surface area contributed by atoms with E-state index >= 15 is 8.78 Å². The molecular formula is C35H40ClF2N3O4. The van der Waals surface area contributed by atoms with Gasteiger partial charge in [0.05, 0.1) is 6.61 Å². The highest BCUT2D eigenvalue weighted by molar-refractivity contribution is 6.30. The topological polar surface area (TPSA) is 105 Å². The largest absolute Gasteiger partial charge is 0.493 e. The summed E-state index contributed by atoms with van der Waals surface area (Å²) in [6.45, 7) is 0.995. The molecule has 240 valence electrons. The molecule has 1 aliphatic heterocycles. The molecule has 1 aliphatic carbocycles. The molecule has 3 aromatic rings. The lowest BCUT2D eigenvalue weighted by Gasteiger charge is -2.36. The Hall–Kier alpha value is -3.53. The second-order valence-corrected chi connectivity index (χ2v) is 12.5. The van der Waals surface area contributed by atoms with Crippen molar-refractivity contribution in [2.24, 2.45) is 11.7 Å². The molecule has 5 rings (SSSR count). The molecule has 4 N–H and O–H groups in total. The maximum absolute atomic E-state index is 16.2. The molecule has 7 nitrogen and oxygen atoms in total. The van der Waals surface area contributed by atoms with Crippen molar-refractivity contribution in [3.63, 3.8) is 0 Å². The minimum absolute atomic E-state index is 0.126. The van der Waals surface area contributed by atoms with E-state index < -0.39 is 35.4 Å². The Labute approximate surface area is 267 Å². The monoisotopic (exact) mass is 639 g/mol. The number of nitrogens with zero attached hydrogens (tertiary/aromatic N) is 1. The number of hydrogen-bond acceptors (Lipinski definition) is 5. The van der Waals surface area contributed by atoms with Crippen LogP contribution in [0.1, 0.15) is 62.2 Å². The number of carbonyl (C=O) groups is 2. The van der Waals surface area contributed by atoms with Gasteiger partial charge in [-0.3, -0.25) is 9.59 Å². The Morgan fingerprint density at radius 3 is 2.09 bits per heavy atom. The summed E-state index contributed by atoms with van der Waals surface area (Å²) in [7, 11) is 0. The molecule has 2 amide bonds. The maximum atomic E-state index is 16.2. The van der Waals surface area contributed by atoms with Crippen molar-refractivity contribution in [1.29, 1.82) is 0 Å². The third-order valence-electron chi connectivity index (χ3n) is 8.85. The Bertz CT molecular complexity index is 1420. The average Bonchev–Trinajstić information content (AvgIpc) is 3.07. The predicted octanol–water partition coefficient (Wildman–Crippen LogP) is 6.23. The van der Waals surface area contributed by atoms with Crippen LogP contribution < -0.4 is 15.8 Å². The summed E-state index contributed by atoms with van der Waals surface area (Å²) in [5, 5.41) is 13.6. The number of nitrogens with one attached hydrogen (secondary N) is 1. The highest BCUT2D eigenvalue weighted by Gasteiger charge is 2.49. The fourth-order valence-corrected chi connectivity index (χ4v) is 6.12. The summed E-state index contributed by atoms with van der Waals surface area (Å²) in [6, 6.07) is 16.5. The molecule has 1 saturated heterocycles. The average molecular weight is 640 g/mol. The summed E-state index contributed by atoms with van der Waals surface area (Å²) >= 11 is 5.97. The van der Waals surface area contributed by atoms with Crippen LogP contribution in [0.2, 0.25) is 5.02 Å². The first kappa shape index (κ1) is 32.9. The zero-order valence-corrected chi connectivity index (χ0v) is 25.9. The number of nitrogens with two attached hydrogens (primary N) is 1. The van der Waals surface area contributed by atoms with Gasteiger partial charge >= 0.3 is 5.92 Å². The third-order valence-corrected chi connectivity index (χ3v) is 9.10. The summed E-state index contributed by atoms with van der Waals surface area (Å²) in [5.41, 5.74) is 7.19. The van der Waals surface area contributed by atoms with E-state index in [0.29, 0.717) is 41.7 Å². The van der Waals surface area contributed by atoms with Gasteiger partial charge < -0.3 is 25.8 Å². The van der Waals surface area contributed by atoms with Gasteiger partial charge in [-0.2, -0.15) is 8.78 Å². The number of halogens is 3. The molecule has 10 heteroatoms. The summed E-state index contributed by atoms with van der Waals surface area (Å²) in [5.74, 6) is -4.71. The Morgan fingerprint density at radius 1 is 0.911 bits per heavy atom. The molecule has 1 heterocycles. The van der Waals surface area contributed by atoms with Crippen molar-refractivity contribution in [3.8, 4) is 16.9 Å². The van der Waals surface area contributed by atoms with E-state index in [-0.39, 0.29) is 24.7 Å². The van der Waals surface area contributed by atoms with Gasteiger partial charge in [-0.1, -0.05) is 79.4 Å². The second kappa shape index (κ2) is 14.7. The molecule has 2 atom stereocenters. The highest BCUT2D eigenvalue weighted by atomic mass is 35.5. The molecule has 1 saturated carbocycles. The molecule has 2 aliphatic rings. The summed E-state index contributed by atoms with van der Waals surface area (Å²) < 4.78 is 38.3. The molecule has 3 aromatic carbocycles. The molecule has 0 spiro atoms. The lowest BCUT2D eigenvalue weighted by atomic mass is 9.90. The number of rotatable bonds is 10. The second-order valence-electron chi connectivity index (χ2n) is 12.1. The lowest BCUT2D eigenvalue weighted by molar-refractivity contribution is -0.152. The van der Waals surface area contributed by atoms with Crippen LogP contribution in [0.5, 0.6) is 5.75 Å². The number of likely N-dealkylation sites (tertiary alicyclic amines) is 1. The first-order chi connectivity index (χ1) is 21.6. The maximum Gasteiger partial charge on any atom is 0.301 e. The van der Waals surface area contributed by atoms with E-state index in [2.05, 4.69) is 5.32 Å². The lowest BCUT2D eigenvalue weighted by Crippen LogP contribution is -2.58. The normalized spacial score (nSPS) is 17.8. The Kier molecular flexibility index (Phi) is 10.7. The van der Waals surface area contributed by atoms with E-state index in [9.17, 15) is 14.7 Å². The minimum Gasteiger partial charge on any atom is -0.493 e. The number of amides is 2. The zero-order chi connectivity index (χ0) is 32.0. The van der Waals surface area contributed by atoms with Gasteiger partial charge in [-0.05, 0) is 72.6 Å². The number of benzene rings is 3. The number of carbonyl (C=O) groups excluding carboxylic acids is 2. The highest BCUT2D eigenvalue weighted by Crippen LogP contribution is 2.35. The standard InChI is InChI=1S/C35H40ClF2N3O4/c36-28-14-8-25(9-15-28)24-6-12-27(13-7-24)35(37,38)32(34(44)41-20-18-29(39)19-21-41)40-33(43)31(42)26-10-16-30(17-11-26)45-22-23-4-2-1-3-5-23/h6-17,23,29,31-32,42H,1-5,18-22,39H2,(H,40,43)/t31-,32+/m0/s1. The predicted molar refractivity (Wildman–Crippen MR) is 170 cm³/mol. The van der Waals surface area contributed by atoms with Gasteiger partial charge in [-0.25, -0.2) is 0 Å². The number of piperidine rings is 1. The van der Waals surface area contributed by atoms with Gasteiger partial charge in [0.15, 0.2) is 12.1 Å². The van der Waals surface area contributed by atoms with Crippen molar-refractivity contribution in [2.75, 3.05) is 19.7 Å². The smallest absolute Gasteiger partial charge is 0.301 e. The van der Waals surface area contributed by atoms with Gasteiger partial charge in [0.25, 0.3) is 11.8 Å². The SMILES string of the molecule is NC1CCN(C(=O)[C@@H](NC(=O)[C@@H](O)c2ccc(OCC3CCCCC3)cc2)C(F)(F)c2ccc(-c3ccc(Cl)cc3)cc2)CC1. The van der Waals surface area contributed by atoms with E-state index in [4.69, 9.17) is 22.1 Å². The fraction of sp³-hybridized carbons (Fsp3) is 0.429. The van der Waals surface area contributed by atoms with Crippen LogP contribution in [-0.2, 0) is 15.5 Å². The van der Waals surface area contributed by atoms with Gasteiger partial charge in [0.1, 0.15) is 5.75 Å². The first-order valence-electron chi connectivity index (χ1n) is 15.6. The van der Waals surface area contributed by atoms with E-state index in [0.717, 1.165) is 18.4 Å². The Morgan fingerprint density at radius 2 is 1.49 bits per heavy atom. The summed E-state index contributed by atoms with van der Waals surface area (Å²) in [4.78, 5) is 28.1. The molecule has 0 unspecified atom stereocenters. The van der Waals surface area contributed by atoms with E-state index in [1.54, 1.807) is 36.4 Å². The molecule has 45 heavy (non-hydrogen) atoms. The Balaban J connectivity index is 1.31. The van der Waals surface area contributed by atoms with E-state index in [1.165, 1.54) is 60.6 Å².